The molecule has 2 aromatic carbocycles. The molecule has 0 saturated carbocycles. The molecule has 1 aliphatic heterocycles. The number of hydrogen-bond acceptors (Lipinski definition) is 3. The van der Waals surface area contributed by atoms with Crippen LogP contribution in [0.15, 0.2) is 53.4 Å². The molecule has 0 aliphatic carbocycles. The molecule has 146 valence electrons. The van der Waals surface area contributed by atoms with Crippen LogP contribution in [0.25, 0.3) is 11.0 Å². The van der Waals surface area contributed by atoms with Gasteiger partial charge in [0.2, 0.25) is 5.91 Å². The van der Waals surface area contributed by atoms with E-state index in [0.717, 1.165) is 30.0 Å². The number of aromatic nitrogens is 2. The molecule has 5 heteroatoms. The van der Waals surface area contributed by atoms with Crippen molar-refractivity contribution in [3.63, 3.8) is 0 Å². The van der Waals surface area contributed by atoms with Crippen LogP contribution in [0.3, 0.4) is 0 Å². The number of rotatable bonds is 6. The minimum absolute atomic E-state index is 0.130. The summed E-state index contributed by atoms with van der Waals surface area (Å²) >= 11 is 1.70. The van der Waals surface area contributed by atoms with Gasteiger partial charge in [0.1, 0.15) is 5.82 Å². The topological polar surface area (TPSA) is 38.1 Å². The van der Waals surface area contributed by atoms with Crippen molar-refractivity contribution < 1.29 is 4.79 Å². The van der Waals surface area contributed by atoms with Crippen molar-refractivity contribution in [3.05, 3.63) is 54.4 Å². The summed E-state index contributed by atoms with van der Waals surface area (Å²) in [5.41, 5.74) is 3.19. The molecule has 0 radical (unpaired) electrons. The maximum Gasteiger partial charge on any atom is 0.227 e. The van der Waals surface area contributed by atoms with Gasteiger partial charge in [-0.3, -0.25) is 4.79 Å². The van der Waals surface area contributed by atoms with Gasteiger partial charge in [-0.1, -0.05) is 32.0 Å². The molecule has 28 heavy (non-hydrogen) atoms. The van der Waals surface area contributed by atoms with Crippen LogP contribution in [0.5, 0.6) is 0 Å². The molecule has 4 nitrogen and oxygen atoms in total. The summed E-state index contributed by atoms with van der Waals surface area (Å²) in [4.78, 5) is 20.9. The standard InChI is InChI=1S/C23H27N3OS/c1-16(2)11-12-25-21-10-5-4-9-20(21)24-23(25)17-13-22(27)26(15-17)18-7-6-8-19(14-18)28-3/h4-10,14,16-17H,11-13,15H2,1-3H3/t17-/m0/s1. The van der Waals surface area contributed by atoms with E-state index >= 15 is 0 Å². The van der Waals surface area contributed by atoms with Gasteiger partial charge in [-0.25, -0.2) is 4.98 Å². The largest absolute Gasteiger partial charge is 0.328 e. The maximum atomic E-state index is 12.8. The molecule has 1 saturated heterocycles. The second-order valence-electron chi connectivity index (χ2n) is 7.90. The highest BCUT2D eigenvalue weighted by molar-refractivity contribution is 7.98. The van der Waals surface area contributed by atoms with Crippen molar-refractivity contribution >= 4 is 34.4 Å². The van der Waals surface area contributed by atoms with Crippen molar-refractivity contribution in [2.45, 2.75) is 44.0 Å². The molecular weight excluding hydrogens is 366 g/mol. The van der Waals surface area contributed by atoms with Crippen LogP contribution in [0, 0.1) is 5.92 Å². The van der Waals surface area contributed by atoms with Gasteiger partial charge in [0.15, 0.2) is 0 Å². The van der Waals surface area contributed by atoms with Gasteiger partial charge in [-0.05, 0) is 48.9 Å². The Morgan fingerprint density at radius 1 is 1.18 bits per heavy atom. The number of carbonyl (C=O) groups is 1. The Labute approximate surface area is 170 Å². The van der Waals surface area contributed by atoms with E-state index in [4.69, 9.17) is 4.98 Å². The highest BCUT2D eigenvalue weighted by Crippen LogP contribution is 2.34. The van der Waals surface area contributed by atoms with Crippen LogP contribution < -0.4 is 4.90 Å². The third-order valence-corrected chi connectivity index (χ3v) is 6.19. The zero-order valence-electron chi connectivity index (χ0n) is 16.8. The Balaban J connectivity index is 1.66. The third kappa shape index (κ3) is 3.68. The summed E-state index contributed by atoms with van der Waals surface area (Å²) in [7, 11) is 0. The van der Waals surface area contributed by atoms with Crippen molar-refractivity contribution in [3.8, 4) is 0 Å². The SMILES string of the molecule is CSc1cccc(N2C[C@@H](c3nc4ccccc4n3CCC(C)C)CC2=O)c1. The highest BCUT2D eigenvalue weighted by Gasteiger charge is 2.34. The first kappa shape index (κ1) is 19.1. The van der Waals surface area contributed by atoms with E-state index in [1.807, 2.05) is 23.1 Å². The van der Waals surface area contributed by atoms with Crippen LogP contribution in [0.2, 0.25) is 0 Å². The number of thioether (sulfide) groups is 1. The monoisotopic (exact) mass is 393 g/mol. The second-order valence-corrected chi connectivity index (χ2v) is 8.78. The Bertz CT molecular complexity index is 994. The number of anilines is 1. The van der Waals surface area contributed by atoms with Crippen molar-refractivity contribution in [1.82, 2.24) is 9.55 Å². The predicted molar refractivity (Wildman–Crippen MR) is 117 cm³/mol. The summed E-state index contributed by atoms with van der Waals surface area (Å²) in [6, 6.07) is 16.6. The minimum Gasteiger partial charge on any atom is -0.328 e. The summed E-state index contributed by atoms with van der Waals surface area (Å²) < 4.78 is 2.34. The van der Waals surface area contributed by atoms with E-state index in [0.29, 0.717) is 18.9 Å². The number of hydrogen-bond donors (Lipinski definition) is 0. The molecule has 1 atom stereocenters. The fraction of sp³-hybridized carbons (Fsp3) is 0.391. The summed E-state index contributed by atoms with van der Waals surface area (Å²) in [5.74, 6) is 2.00. The molecule has 4 rings (SSSR count). The first-order valence-electron chi connectivity index (χ1n) is 9.96. The molecular formula is C23H27N3OS. The first-order valence-corrected chi connectivity index (χ1v) is 11.2. The lowest BCUT2D eigenvalue weighted by Gasteiger charge is -2.18. The Kier molecular flexibility index (Phi) is 5.44. The lowest BCUT2D eigenvalue weighted by atomic mass is 10.1. The van der Waals surface area contributed by atoms with E-state index in [9.17, 15) is 4.79 Å². The number of benzene rings is 2. The van der Waals surface area contributed by atoms with Crippen LogP contribution in [-0.4, -0.2) is 28.3 Å². The fourth-order valence-corrected chi connectivity index (χ4v) is 4.39. The molecule has 0 bridgehead atoms. The van der Waals surface area contributed by atoms with Gasteiger partial charge in [0.25, 0.3) is 0 Å². The number of fused-ring (bicyclic) bond motifs is 1. The van der Waals surface area contributed by atoms with Gasteiger partial charge < -0.3 is 9.47 Å². The van der Waals surface area contributed by atoms with Crippen molar-refractivity contribution in [1.29, 1.82) is 0 Å². The average Bonchev–Trinajstić information content (AvgIpc) is 3.26. The van der Waals surface area contributed by atoms with Crippen molar-refractivity contribution in [2.75, 3.05) is 17.7 Å². The van der Waals surface area contributed by atoms with Gasteiger partial charge in [-0.15, -0.1) is 11.8 Å². The Morgan fingerprint density at radius 3 is 2.79 bits per heavy atom. The average molecular weight is 394 g/mol. The van der Waals surface area contributed by atoms with Gasteiger partial charge >= 0.3 is 0 Å². The molecule has 2 heterocycles. The molecule has 0 unspecified atom stereocenters. The Morgan fingerprint density at radius 2 is 2.00 bits per heavy atom. The molecule has 0 N–H and O–H groups in total. The highest BCUT2D eigenvalue weighted by atomic mass is 32.2. The summed E-state index contributed by atoms with van der Waals surface area (Å²) in [6.45, 7) is 6.14. The van der Waals surface area contributed by atoms with E-state index < -0.39 is 0 Å². The number of carbonyl (C=O) groups excluding carboxylic acids is 1. The van der Waals surface area contributed by atoms with Crippen LogP contribution >= 0.6 is 11.8 Å². The van der Waals surface area contributed by atoms with Crippen molar-refractivity contribution in [2.24, 2.45) is 5.92 Å². The smallest absolute Gasteiger partial charge is 0.227 e. The number of amides is 1. The van der Waals surface area contributed by atoms with E-state index in [1.165, 1.54) is 10.4 Å². The lowest BCUT2D eigenvalue weighted by molar-refractivity contribution is -0.117. The zero-order valence-corrected chi connectivity index (χ0v) is 17.6. The van der Waals surface area contributed by atoms with Gasteiger partial charge in [0, 0.05) is 36.0 Å². The van der Waals surface area contributed by atoms with Crippen LogP contribution in [0.1, 0.15) is 38.4 Å². The number of imidazole rings is 1. The molecule has 0 spiro atoms. The molecule has 1 aromatic heterocycles. The molecule has 3 aromatic rings. The predicted octanol–water partition coefficient (Wildman–Crippen LogP) is 5.32. The van der Waals surface area contributed by atoms with E-state index in [-0.39, 0.29) is 11.8 Å². The number of para-hydroxylation sites is 2. The zero-order chi connectivity index (χ0) is 19.7. The summed E-state index contributed by atoms with van der Waals surface area (Å²) in [6.07, 6.45) is 3.69. The lowest BCUT2D eigenvalue weighted by Crippen LogP contribution is -2.24. The van der Waals surface area contributed by atoms with Crippen LogP contribution in [0.4, 0.5) is 5.69 Å². The quantitative estimate of drug-likeness (QED) is 0.532. The molecule has 1 aliphatic rings. The third-order valence-electron chi connectivity index (χ3n) is 5.47. The maximum absolute atomic E-state index is 12.8. The molecule has 1 fully saturated rings. The minimum atomic E-state index is 0.130. The van der Waals surface area contributed by atoms with Gasteiger partial charge in [0.05, 0.1) is 11.0 Å². The molecule has 1 amide bonds. The number of aryl methyl sites for hydroxylation is 1. The van der Waals surface area contributed by atoms with Crippen LogP contribution in [-0.2, 0) is 11.3 Å². The van der Waals surface area contributed by atoms with Gasteiger partial charge in [-0.2, -0.15) is 0 Å². The number of nitrogens with zero attached hydrogens (tertiary/aromatic N) is 3. The van der Waals surface area contributed by atoms with E-state index in [2.05, 4.69) is 55.0 Å². The Hall–Kier alpha value is -2.27. The summed E-state index contributed by atoms with van der Waals surface area (Å²) in [5, 5.41) is 0. The first-order chi connectivity index (χ1) is 13.6. The normalized spacial score (nSPS) is 17.2. The fourth-order valence-electron chi connectivity index (χ4n) is 3.94. The van der Waals surface area contributed by atoms with E-state index in [1.54, 1.807) is 11.8 Å². The second kappa shape index (κ2) is 8.00.